The Morgan fingerprint density at radius 1 is 1.33 bits per heavy atom. The summed E-state index contributed by atoms with van der Waals surface area (Å²) in [6.07, 6.45) is 2.60. The molecule has 1 fully saturated rings. The normalized spacial score (nSPS) is 20.9. The van der Waals surface area contributed by atoms with E-state index < -0.39 is 14.9 Å². The van der Waals surface area contributed by atoms with E-state index in [9.17, 15) is 18.5 Å². The lowest BCUT2D eigenvalue weighted by Crippen LogP contribution is -2.32. The predicted octanol–water partition coefficient (Wildman–Crippen LogP) is 1.99. The number of rotatable bonds is 3. The van der Waals surface area contributed by atoms with Crippen LogP contribution in [0.25, 0.3) is 0 Å². The van der Waals surface area contributed by atoms with Gasteiger partial charge in [0.25, 0.3) is 5.69 Å². The Hall–Kier alpha value is -1.67. The number of nitrogens with two attached hydrogens (primary N) is 1. The molecule has 0 amide bonds. The molecule has 1 saturated heterocycles. The van der Waals surface area contributed by atoms with Crippen LogP contribution in [0.1, 0.15) is 26.2 Å². The van der Waals surface area contributed by atoms with Crippen molar-refractivity contribution in [3.63, 3.8) is 0 Å². The standard InChI is InChI=1S/C13H19N3O4S/c1-10-3-2-7-15(8-6-10)21(19,20)11-4-5-12(14)13(9-11)16(17)18/h4-5,9-10H,2-3,6-8,14H2,1H3. The minimum Gasteiger partial charge on any atom is -0.393 e. The van der Waals surface area contributed by atoms with Crippen molar-refractivity contribution in [1.29, 1.82) is 0 Å². The quantitative estimate of drug-likeness (QED) is 0.521. The molecule has 1 heterocycles. The van der Waals surface area contributed by atoms with Gasteiger partial charge in [-0.15, -0.1) is 0 Å². The zero-order valence-corrected chi connectivity index (χ0v) is 12.7. The highest BCUT2D eigenvalue weighted by Gasteiger charge is 2.28. The summed E-state index contributed by atoms with van der Waals surface area (Å²) in [6, 6.07) is 3.64. The first-order valence-corrected chi connectivity index (χ1v) is 8.30. The van der Waals surface area contributed by atoms with Crippen molar-refractivity contribution in [1.82, 2.24) is 4.31 Å². The zero-order chi connectivity index (χ0) is 15.6. The van der Waals surface area contributed by atoms with Gasteiger partial charge in [-0.2, -0.15) is 4.31 Å². The number of nitrogens with zero attached hydrogens (tertiary/aromatic N) is 2. The Labute approximate surface area is 123 Å². The molecule has 116 valence electrons. The molecule has 1 unspecified atom stereocenters. The van der Waals surface area contributed by atoms with Crippen LogP contribution in [0.4, 0.5) is 11.4 Å². The molecule has 0 bridgehead atoms. The van der Waals surface area contributed by atoms with Gasteiger partial charge in [0.15, 0.2) is 0 Å². The second kappa shape index (κ2) is 5.98. The monoisotopic (exact) mass is 313 g/mol. The van der Waals surface area contributed by atoms with Crippen LogP contribution in [0.3, 0.4) is 0 Å². The van der Waals surface area contributed by atoms with Crippen LogP contribution in [0.15, 0.2) is 23.1 Å². The number of benzene rings is 1. The van der Waals surface area contributed by atoms with E-state index in [0.29, 0.717) is 19.0 Å². The van der Waals surface area contributed by atoms with Crippen molar-refractivity contribution in [2.24, 2.45) is 5.92 Å². The van der Waals surface area contributed by atoms with Crippen molar-refractivity contribution in [2.75, 3.05) is 18.8 Å². The first-order valence-electron chi connectivity index (χ1n) is 6.86. The third kappa shape index (κ3) is 3.33. The Balaban J connectivity index is 2.35. The lowest BCUT2D eigenvalue weighted by atomic mass is 10.0. The van der Waals surface area contributed by atoms with Gasteiger partial charge < -0.3 is 5.73 Å². The predicted molar refractivity (Wildman–Crippen MR) is 79.3 cm³/mol. The van der Waals surface area contributed by atoms with Crippen molar-refractivity contribution in [3.05, 3.63) is 28.3 Å². The first-order chi connectivity index (χ1) is 9.82. The molecule has 2 rings (SSSR count). The number of nitro benzene ring substituents is 1. The molecule has 8 heteroatoms. The third-order valence-electron chi connectivity index (χ3n) is 3.81. The Kier molecular flexibility index (Phi) is 4.48. The van der Waals surface area contributed by atoms with E-state index in [4.69, 9.17) is 5.73 Å². The van der Waals surface area contributed by atoms with Gasteiger partial charge >= 0.3 is 0 Å². The van der Waals surface area contributed by atoms with E-state index >= 15 is 0 Å². The van der Waals surface area contributed by atoms with Gasteiger partial charge in [-0.05, 0) is 37.3 Å². The van der Waals surface area contributed by atoms with Crippen LogP contribution in [-0.2, 0) is 10.0 Å². The van der Waals surface area contributed by atoms with E-state index in [2.05, 4.69) is 6.92 Å². The summed E-state index contributed by atoms with van der Waals surface area (Å²) in [7, 11) is -3.71. The molecule has 0 spiro atoms. The third-order valence-corrected chi connectivity index (χ3v) is 5.71. The van der Waals surface area contributed by atoms with Crippen molar-refractivity contribution >= 4 is 21.4 Å². The molecule has 7 nitrogen and oxygen atoms in total. The van der Waals surface area contributed by atoms with E-state index in [-0.39, 0.29) is 16.3 Å². The fourth-order valence-corrected chi connectivity index (χ4v) is 3.98. The van der Waals surface area contributed by atoms with Gasteiger partial charge in [-0.3, -0.25) is 10.1 Å². The number of anilines is 1. The molecule has 2 N–H and O–H groups in total. The summed E-state index contributed by atoms with van der Waals surface area (Å²) in [5, 5.41) is 10.9. The molecule has 1 aromatic carbocycles. The first kappa shape index (κ1) is 15.7. The molecule has 0 aliphatic carbocycles. The topological polar surface area (TPSA) is 107 Å². The molecular weight excluding hydrogens is 294 g/mol. The molecule has 21 heavy (non-hydrogen) atoms. The summed E-state index contributed by atoms with van der Waals surface area (Å²) in [5.41, 5.74) is 5.09. The summed E-state index contributed by atoms with van der Waals surface area (Å²) in [4.78, 5) is 10.2. The number of hydrogen-bond acceptors (Lipinski definition) is 5. The maximum atomic E-state index is 12.6. The highest BCUT2D eigenvalue weighted by atomic mass is 32.2. The molecule has 1 aromatic rings. The number of nitrogen functional groups attached to an aromatic ring is 1. The molecular formula is C13H19N3O4S. The lowest BCUT2D eigenvalue weighted by Gasteiger charge is -2.20. The number of nitro groups is 1. The Morgan fingerprint density at radius 3 is 2.71 bits per heavy atom. The van der Waals surface area contributed by atoms with E-state index in [1.165, 1.54) is 16.4 Å². The van der Waals surface area contributed by atoms with Crippen molar-refractivity contribution in [3.8, 4) is 0 Å². The van der Waals surface area contributed by atoms with Crippen molar-refractivity contribution in [2.45, 2.75) is 31.1 Å². The van der Waals surface area contributed by atoms with E-state index in [0.717, 1.165) is 25.3 Å². The highest BCUT2D eigenvalue weighted by Crippen LogP contribution is 2.28. The zero-order valence-electron chi connectivity index (χ0n) is 11.9. The summed E-state index contributed by atoms with van der Waals surface area (Å²) < 4.78 is 26.6. The van der Waals surface area contributed by atoms with Gasteiger partial charge in [0.1, 0.15) is 5.69 Å². The number of hydrogen-bond donors (Lipinski definition) is 1. The molecule has 0 radical (unpaired) electrons. The summed E-state index contributed by atoms with van der Waals surface area (Å²) in [5.74, 6) is 0.492. The molecule has 0 aromatic heterocycles. The minimum absolute atomic E-state index is 0.0385. The van der Waals surface area contributed by atoms with Gasteiger partial charge in [0, 0.05) is 19.2 Å². The molecule has 0 saturated carbocycles. The van der Waals surface area contributed by atoms with E-state index in [1.807, 2.05) is 0 Å². The fraction of sp³-hybridized carbons (Fsp3) is 0.538. The maximum absolute atomic E-state index is 12.6. The average Bonchev–Trinajstić information content (AvgIpc) is 2.63. The Bertz CT molecular complexity index is 645. The van der Waals surface area contributed by atoms with E-state index in [1.54, 1.807) is 0 Å². The van der Waals surface area contributed by atoms with Crippen LogP contribution in [-0.4, -0.2) is 30.7 Å². The van der Waals surface area contributed by atoms with Crippen molar-refractivity contribution < 1.29 is 13.3 Å². The van der Waals surface area contributed by atoms with Crippen LogP contribution in [0.2, 0.25) is 0 Å². The largest absolute Gasteiger partial charge is 0.393 e. The number of sulfonamides is 1. The van der Waals surface area contributed by atoms with Crippen LogP contribution in [0.5, 0.6) is 0 Å². The Morgan fingerprint density at radius 2 is 2.05 bits per heavy atom. The average molecular weight is 313 g/mol. The second-order valence-electron chi connectivity index (χ2n) is 5.42. The summed E-state index contributed by atoms with van der Waals surface area (Å²) >= 11 is 0. The molecule has 1 aliphatic rings. The van der Waals surface area contributed by atoms with Crippen LogP contribution < -0.4 is 5.73 Å². The fourth-order valence-electron chi connectivity index (χ4n) is 2.47. The van der Waals surface area contributed by atoms with Gasteiger partial charge in [0.2, 0.25) is 10.0 Å². The SMILES string of the molecule is CC1CCCN(S(=O)(=O)c2ccc(N)c([N+](=O)[O-])c2)CC1. The lowest BCUT2D eigenvalue weighted by molar-refractivity contribution is -0.384. The van der Waals surface area contributed by atoms with Crippen LogP contribution in [0, 0.1) is 16.0 Å². The maximum Gasteiger partial charge on any atom is 0.293 e. The van der Waals surface area contributed by atoms with Gasteiger partial charge in [-0.1, -0.05) is 6.92 Å². The molecule has 1 atom stereocenters. The highest BCUT2D eigenvalue weighted by molar-refractivity contribution is 7.89. The van der Waals surface area contributed by atoms with Crippen LogP contribution >= 0.6 is 0 Å². The molecule has 1 aliphatic heterocycles. The van der Waals surface area contributed by atoms with Gasteiger partial charge in [-0.25, -0.2) is 8.42 Å². The minimum atomic E-state index is -3.71. The van der Waals surface area contributed by atoms with Gasteiger partial charge in [0.05, 0.1) is 9.82 Å². The summed E-state index contributed by atoms with van der Waals surface area (Å²) in [6.45, 7) is 3.00. The second-order valence-corrected chi connectivity index (χ2v) is 7.36. The smallest absolute Gasteiger partial charge is 0.293 e.